The van der Waals surface area contributed by atoms with E-state index in [1.54, 1.807) is 6.07 Å². The number of hydrogen-bond acceptors (Lipinski definition) is 2. The normalized spacial score (nSPS) is 11.0. The van der Waals surface area contributed by atoms with E-state index in [0.717, 1.165) is 44.3 Å². The van der Waals surface area contributed by atoms with Gasteiger partial charge in [-0.05, 0) is 66.7 Å². The Morgan fingerprint density at radius 1 is 0.964 bits per heavy atom. The Morgan fingerprint density at radius 3 is 2.61 bits per heavy atom. The lowest BCUT2D eigenvalue weighted by molar-refractivity contribution is 0.340. The van der Waals surface area contributed by atoms with E-state index in [4.69, 9.17) is 9.72 Å². The summed E-state index contributed by atoms with van der Waals surface area (Å²) in [6, 6.07) is 20.9. The molecule has 1 heterocycles. The fourth-order valence-electron chi connectivity index (χ4n) is 3.39. The van der Waals surface area contributed by atoms with Crippen LogP contribution in [0.1, 0.15) is 12.5 Å². The molecule has 28 heavy (non-hydrogen) atoms. The van der Waals surface area contributed by atoms with Crippen molar-refractivity contribution in [3.63, 3.8) is 0 Å². The van der Waals surface area contributed by atoms with E-state index in [9.17, 15) is 4.39 Å². The zero-order chi connectivity index (χ0) is 19.7. The molecule has 0 saturated carbocycles. The summed E-state index contributed by atoms with van der Waals surface area (Å²) in [7, 11) is 2.71. The maximum absolute atomic E-state index is 14.9. The third-order valence-electron chi connectivity index (χ3n) is 4.76. The molecule has 4 rings (SSSR count). The Hall–Kier alpha value is -2.77. The number of ether oxygens (including phenoxy) is 1. The SMILES string of the molecule is CCOc1cccc(-c2ccc(-c3cc(C)c4cc(P)ccc4n3)cc2F)c1. The van der Waals surface area contributed by atoms with Crippen LogP contribution in [0.2, 0.25) is 0 Å². The highest BCUT2D eigenvalue weighted by atomic mass is 31.0. The number of nitrogens with zero attached hydrogens (tertiary/aromatic N) is 1. The molecule has 0 aliphatic rings. The summed E-state index contributed by atoms with van der Waals surface area (Å²) in [5.74, 6) is 0.467. The summed E-state index contributed by atoms with van der Waals surface area (Å²) in [6.45, 7) is 4.57. The quantitative estimate of drug-likeness (QED) is 0.405. The Morgan fingerprint density at radius 2 is 1.82 bits per heavy atom. The Balaban J connectivity index is 1.75. The van der Waals surface area contributed by atoms with Crippen LogP contribution in [-0.4, -0.2) is 11.6 Å². The van der Waals surface area contributed by atoms with Gasteiger partial charge < -0.3 is 4.74 Å². The molecule has 0 bridgehead atoms. The molecular formula is C24H21FNOP. The number of fused-ring (bicyclic) bond motifs is 1. The first-order chi connectivity index (χ1) is 13.5. The molecule has 3 aromatic carbocycles. The minimum atomic E-state index is -0.272. The molecule has 0 spiro atoms. The highest BCUT2D eigenvalue weighted by Gasteiger charge is 2.11. The van der Waals surface area contributed by atoms with Crippen LogP contribution >= 0.6 is 9.24 Å². The van der Waals surface area contributed by atoms with E-state index in [2.05, 4.69) is 22.2 Å². The van der Waals surface area contributed by atoms with Crippen molar-refractivity contribution in [1.29, 1.82) is 0 Å². The first-order valence-corrected chi connectivity index (χ1v) is 9.83. The predicted octanol–water partition coefficient (Wildman–Crippen LogP) is 5.92. The van der Waals surface area contributed by atoms with E-state index >= 15 is 0 Å². The molecule has 1 atom stereocenters. The zero-order valence-corrected chi connectivity index (χ0v) is 17.0. The molecular weight excluding hydrogens is 368 g/mol. The van der Waals surface area contributed by atoms with Crippen molar-refractivity contribution in [2.75, 3.05) is 6.61 Å². The molecule has 1 unspecified atom stereocenters. The van der Waals surface area contributed by atoms with Gasteiger partial charge in [-0.3, -0.25) is 0 Å². The summed E-state index contributed by atoms with van der Waals surface area (Å²) < 4.78 is 20.5. The van der Waals surface area contributed by atoms with E-state index in [-0.39, 0.29) is 5.82 Å². The minimum absolute atomic E-state index is 0.272. The van der Waals surface area contributed by atoms with Gasteiger partial charge in [0, 0.05) is 16.5 Å². The first kappa shape index (κ1) is 18.6. The summed E-state index contributed by atoms with van der Waals surface area (Å²) in [6.07, 6.45) is 0. The van der Waals surface area contributed by atoms with E-state index in [1.165, 1.54) is 0 Å². The van der Waals surface area contributed by atoms with Gasteiger partial charge in [-0.2, -0.15) is 0 Å². The molecule has 0 aliphatic heterocycles. The highest BCUT2D eigenvalue weighted by molar-refractivity contribution is 7.27. The smallest absolute Gasteiger partial charge is 0.131 e. The van der Waals surface area contributed by atoms with Crippen molar-refractivity contribution in [2.24, 2.45) is 0 Å². The fourth-order valence-corrected chi connectivity index (χ4v) is 3.65. The number of aryl methyl sites for hydroxylation is 1. The van der Waals surface area contributed by atoms with Crippen LogP contribution in [0.4, 0.5) is 4.39 Å². The van der Waals surface area contributed by atoms with Crippen LogP contribution in [0.3, 0.4) is 0 Å². The number of benzene rings is 3. The van der Waals surface area contributed by atoms with E-state index < -0.39 is 0 Å². The van der Waals surface area contributed by atoms with Gasteiger partial charge in [-0.1, -0.05) is 30.3 Å². The molecule has 4 aromatic rings. The predicted molar refractivity (Wildman–Crippen MR) is 118 cm³/mol. The summed E-state index contributed by atoms with van der Waals surface area (Å²) in [5, 5.41) is 2.23. The van der Waals surface area contributed by atoms with Crippen molar-refractivity contribution < 1.29 is 9.13 Å². The van der Waals surface area contributed by atoms with Crippen molar-refractivity contribution in [2.45, 2.75) is 13.8 Å². The molecule has 0 N–H and O–H groups in total. The molecule has 0 aliphatic carbocycles. The van der Waals surface area contributed by atoms with Gasteiger partial charge in [0.1, 0.15) is 11.6 Å². The molecule has 0 saturated heterocycles. The van der Waals surface area contributed by atoms with Gasteiger partial charge in [0.05, 0.1) is 17.8 Å². The van der Waals surface area contributed by atoms with Gasteiger partial charge in [-0.25, -0.2) is 9.37 Å². The molecule has 0 amide bonds. The molecule has 4 heteroatoms. The lowest BCUT2D eigenvalue weighted by atomic mass is 10.00. The van der Waals surface area contributed by atoms with Crippen LogP contribution in [0.25, 0.3) is 33.3 Å². The summed E-state index contributed by atoms with van der Waals surface area (Å²) >= 11 is 0. The standard InChI is InChI=1S/C24H21FNOP/c1-3-27-18-6-4-5-16(12-18)20-9-7-17(13-22(20)25)24-11-15(2)21-14-19(28)8-10-23(21)26-24/h4-14H,3,28H2,1-2H3. The average Bonchev–Trinajstić information content (AvgIpc) is 2.69. The maximum Gasteiger partial charge on any atom is 0.131 e. The Labute approximate surface area is 166 Å². The second-order valence-electron chi connectivity index (χ2n) is 6.76. The van der Waals surface area contributed by atoms with Crippen LogP contribution in [0, 0.1) is 12.7 Å². The fraction of sp³-hybridized carbons (Fsp3) is 0.125. The third-order valence-corrected chi connectivity index (χ3v) is 5.12. The topological polar surface area (TPSA) is 22.1 Å². The van der Waals surface area contributed by atoms with Gasteiger partial charge in [0.25, 0.3) is 0 Å². The summed E-state index contributed by atoms with van der Waals surface area (Å²) in [5.41, 5.74) is 4.92. The molecule has 140 valence electrons. The second kappa shape index (κ2) is 7.69. The van der Waals surface area contributed by atoms with Crippen LogP contribution in [0.5, 0.6) is 5.75 Å². The first-order valence-electron chi connectivity index (χ1n) is 9.25. The van der Waals surface area contributed by atoms with Crippen LogP contribution in [-0.2, 0) is 0 Å². The number of halogens is 1. The summed E-state index contributed by atoms with van der Waals surface area (Å²) in [4.78, 5) is 4.73. The second-order valence-corrected chi connectivity index (χ2v) is 7.42. The Kier molecular flexibility index (Phi) is 5.11. The largest absolute Gasteiger partial charge is 0.494 e. The molecule has 1 aromatic heterocycles. The van der Waals surface area contributed by atoms with Gasteiger partial charge >= 0.3 is 0 Å². The number of rotatable bonds is 4. The molecule has 0 fully saturated rings. The molecule has 2 nitrogen and oxygen atoms in total. The Bertz CT molecular complexity index is 1170. The van der Waals surface area contributed by atoms with Crippen LogP contribution < -0.4 is 10.0 Å². The third kappa shape index (κ3) is 3.63. The van der Waals surface area contributed by atoms with E-state index in [0.29, 0.717) is 12.2 Å². The van der Waals surface area contributed by atoms with Crippen molar-refractivity contribution >= 4 is 25.4 Å². The van der Waals surface area contributed by atoms with Crippen molar-refractivity contribution in [3.05, 3.63) is 78.1 Å². The lowest BCUT2D eigenvalue weighted by Crippen LogP contribution is -1.95. The van der Waals surface area contributed by atoms with Crippen molar-refractivity contribution in [3.8, 4) is 28.1 Å². The monoisotopic (exact) mass is 389 g/mol. The number of aromatic nitrogens is 1. The van der Waals surface area contributed by atoms with E-state index in [1.807, 2.05) is 61.5 Å². The minimum Gasteiger partial charge on any atom is -0.494 e. The molecule has 0 radical (unpaired) electrons. The maximum atomic E-state index is 14.9. The lowest BCUT2D eigenvalue weighted by Gasteiger charge is -2.10. The zero-order valence-electron chi connectivity index (χ0n) is 15.9. The van der Waals surface area contributed by atoms with Gasteiger partial charge in [0.2, 0.25) is 0 Å². The number of hydrogen-bond donors (Lipinski definition) is 0. The van der Waals surface area contributed by atoms with Crippen molar-refractivity contribution in [1.82, 2.24) is 4.98 Å². The average molecular weight is 389 g/mol. The highest BCUT2D eigenvalue weighted by Crippen LogP contribution is 2.31. The van der Waals surface area contributed by atoms with Gasteiger partial charge in [0.15, 0.2) is 0 Å². The van der Waals surface area contributed by atoms with Crippen LogP contribution in [0.15, 0.2) is 66.7 Å². The van der Waals surface area contributed by atoms with Gasteiger partial charge in [-0.15, -0.1) is 9.24 Å². The number of pyridine rings is 1.